The van der Waals surface area contributed by atoms with Crippen LogP contribution in [-0.2, 0) is 4.74 Å². The lowest BCUT2D eigenvalue weighted by Gasteiger charge is -2.48. The number of aromatic nitrogens is 3. The average molecular weight is 458 g/mol. The van der Waals surface area contributed by atoms with Crippen LogP contribution >= 0.6 is 0 Å². The molecular formula is C24H29F2N5O2. The molecule has 9 heteroatoms. The van der Waals surface area contributed by atoms with Gasteiger partial charge in [-0.05, 0) is 56.1 Å². The fourth-order valence-corrected chi connectivity index (χ4v) is 5.73. The SMILES string of the molecule is Nc1ncc(-c2cc(C3CC4CC(C3)CN(C3COC3)C4)nc(C3CC3)n2)cc1OC(F)F. The maximum absolute atomic E-state index is 12.8. The van der Waals surface area contributed by atoms with Gasteiger partial charge in [-0.2, -0.15) is 8.78 Å². The molecule has 4 aliphatic rings. The number of nitrogen functional groups attached to an aromatic ring is 1. The predicted octanol–water partition coefficient (Wildman–Crippen LogP) is 3.81. The maximum atomic E-state index is 12.8. The lowest BCUT2D eigenvalue weighted by molar-refractivity contribution is -0.0905. The fourth-order valence-electron chi connectivity index (χ4n) is 5.73. The number of halogens is 2. The summed E-state index contributed by atoms with van der Waals surface area (Å²) in [6.45, 7) is 1.07. The molecule has 2 atom stereocenters. The molecular weight excluding hydrogens is 428 g/mol. The molecule has 2 N–H and O–H groups in total. The van der Waals surface area contributed by atoms with Crippen LogP contribution < -0.4 is 10.5 Å². The van der Waals surface area contributed by atoms with Gasteiger partial charge in [-0.15, -0.1) is 0 Å². The van der Waals surface area contributed by atoms with Gasteiger partial charge >= 0.3 is 6.61 Å². The number of nitrogens with zero attached hydrogens (tertiary/aromatic N) is 4. The van der Waals surface area contributed by atoms with Crippen LogP contribution in [-0.4, -0.2) is 58.8 Å². The third-order valence-electron chi connectivity index (χ3n) is 7.54. The number of ether oxygens (including phenoxy) is 2. The Morgan fingerprint density at radius 3 is 2.42 bits per heavy atom. The predicted molar refractivity (Wildman–Crippen MR) is 118 cm³/mol. The summed E-state index contributed by atoms with van der Waals surface area (Å²) in [5.74, 6) is 2.82. The number of hydrogen-bond donors (Lipinski definition) is 1. The van der Waals surface area contributed by atoms with E-state index in [0.717, 1.165) is 63.5 Å². The van der Waals surface area contributed by atoms with Crippen LogP contribution in [0, 0.1) is 11.8 Å². The van der Waals surface area contributed by atoms with Gasteiger partial charge in [0.2, 0.25) is 0 Å². The Bertz CT molecular complexity index is 1020. The Kier molecular flexibility index (Phi) is 5.41. The lowest BCUT2D eigenvalue weighted by atomic mass is 9.71. The molecule has 0 amide bonds. The number of piperidine rings is 1. The number of rotatable bonds is 6. The number of likely N-dealkylation sites (tertiary alicyclic amines) is 1. The number of fused-ring (bicyclic) bond motifs is 2. The smallest absolute Gasteiger partial charge is 0.387 e. The molecule has 2 saturated heterocycles. The Hall–Kier alpha value is -2.39. The minimum Gasteiger partial charge on any atom is -0.431 e. The molecule has 2 aromatic heterocycles. The first-order valence-electron chi connectivity index (χ1n) is 11.9. The first-order chi connectivity index (χ1) is 16.0. The average Bonchev–Trinajstić information content (AvgIpc) is 3.58. The third-order valence-corrected chi connectivity index (χ3v) is 7.54. The van der Waals surface area contributed by atoms with Gasteiger partial charge in [-0.3, -0.25) is 4.90 Å². The summed E-state index contributed by atoms with van der Waals surface area (Å²) >= 11 is 0. The summed E-state index contributed by atoms with van der Waals surface area (Å²) in [6.07, 6.45) is 7.31. The molecule has 2 aliphatic carbocycles. The van der Waals surface area contributed by atoms with Gasteiger partial charge in [0, 0.05) is 42.4 Å². The molecule has 0 aromatic carbocycles. The van der Waals surface area contributed by atoms with Crippen LogP contribution in [0.3, 0.4) is 0 Å². The molecule has 4 heterocycles. The first-order valence-corrected chi connectivity index (χ1v) is 11.9. The highest BCUT2D eigenvalue weighted by Crippen LogP contribution is 2.45. The normalized spacial score (nSPS) is 28.0. The molecule has 2 aliphatic heterocycles. The van der Waals surface area contributed by atoms with E-state index in [2.05, 4.69) is 14.6 Å². The van der Waals surface area contributed by atoms with Crippen LogP contribution in [0.2, 0.25) is 0 Å². The fraction of sp³-hybridized carbons (Fsp3) is 0.625. The van der Waals surface area contributed by atoms with Gasteiger partial charge in [0.25, 0.3) is 0 Å². The Morgan fingerprint density at radius 2 is 1.79 bits per heavy atom. The van der Waals surface area contributed by atoms with E-state index in [4.69, 9.17) is 20.4 Å². The largest absolute Gasteiger partial charge is 0.431 e. The summed E-state index contributed by atoms with van der Waals surface area (Å²) in [4.78, 5) is 16.5. The zero-order valence-electron chi connectivity index (χ0n) is 18.5. The molecule has 6 rings (SSSR count). The van der Waals surface area contributed by atoms with Crippen LogP contribution in [0.5, 0.6) is 5.75 Å². The van der Waals surface area contributed by atoms with Crippen molar-refractivity contribution < 1.29 is 18.3 Å². The van der Waals surface area contributed by atoms with Crippen LogP contribution in [0.15, 0.2) is 18.3 Å². The molecule has 33 heavy (non-hydrogen) atoms. The highest BCUT2D eigenvalue weighted by molar-refractivity contribution is 5.64. The number of alkyl halides is 2. The second-order valence-electron chi connectivity index (χ2n) is 10.1. The van der Waals surface area contributed by atoms with E-state index < -0.39 is 6.61 Å². The van der Waals surface area contributed by atoms with Gasteiger partial charge in [0.1, 0.15) is 5.82 Å². The second-order valence-corrected chi connectivity index (χ2v) is 10.1. The highest BCUT2D eigenvalue weighted by Gasteiger charge is 2.40. The Balaban J connectivity index is 1.28. The number of nitrogens with two attached hydrogens (primary N) is 1. The summed E-state index contributed by atoms with van der Waals surface area (Å²) in [7, 11) is 0. The monoisotopic (exact) mass is 457 g/mol. The molecule has 2 bridgehead atoms. The van der Waals surface area contributed by atoms with Gasteiger partial charge < -0.3 is 15.2 Å². The molecule has 0 radical (unpaired) electrons. The minimum atomic E-state index is -2.96. The highest BCUT2D eigenvalue weighted by atomic mass is 19.3. The van der Waals surface area contributed by atoms with E-state index in [1.807, 2.05) is 6.07 Å². The quantitative estimate of drug-likeness (QED) is 0.706. The van der Waals surface area contributed by atoms with Crippen LogP contribution in [0.1, 0.15) is 55.5 Å². The topological polar surface area (TPSA) is 86.4 Å². The molecule has 4 fully saturated rings. The van der Waals surface area contributed by atoms with Crippen molar-refractivity contribution in [1.29, 1.82) is 0 Å². The van der Waals surface area contributed by atoms with E-state index in [9.17, 15) is 8.78 Å². The summed E-state index contributed by atoms with van der Waals surface area (Å²) in [6, 6.07) is 4.13. The molecule has 0 spiro atoms. The number of anilines is 1. The first kappa shape index (κ1) is 21.2. The molecule has 2 aromatic rings. The zero-order chi connectivity index (χ0) is 22.5. The zero-order valence-corrected chi connectivity index (χ0v) is 18.5. The van der Waals surface area contributed by atoms with Crippen molar-refractivity contribution in [3.05, 3.63) is 29.8 Å². The molecule has 2 saturated carbocycles. The number of hydrogen-bond acceptors (Lipinski definition) is 7. The summed E-state index contributed by atoms with van der Waals surface area (Å²) < 4.78 is 35.6. The van der Waals surface area contributed by atoms with Crippen molar-refractivity contribution in [2.75, 3.05) is 32.0 Å². The van der Waals surface area contributed by atoms with E-state index >= 15 is 0 Å². The van der Waals surface area contributed by atoms with Gasteiger partial charge in [-0.1, -0.05) is 0 Å². The van der Waals surface area contributed by atoms with Crippen molar-refractivity contribution in [3.8, 4) is 17.0 Å². The standard InChI is InChI=1S/C24H29F2N5O2/c25-24(26)33-21-6-17(8-28-22(21)27)20-7-19(29-23(30-20)15-1-2-15)16-4-13-3-14(5-16)10-31(9-13)18-11-32-12-18/h6-8,13-16,18,24H,1-5,9-12H2,(H2,27,28). The van der Waals surface area contributed by atoms with Crippen molar-refractivity contribution >= 4 is 5.82 Å². The molecule has 176 valence electrons. The van der Waals surface area contributed by atoms with Gasteiger partial charge in [-0.25, -0.2) is 15.0 Å². The lowest BCUT2D eigenvalue weighted by Crippen LogP contribution is -2.55. The molecule has 7 nitrogen and oxygen atoms in total. The van der Waals surface area contributed by atoms with E-state index in [-0.39, 0.29) is 11.6 Å². The van der Waals surface area contributed by atoms with Crippen LogP contribution in [0.4, 0.5) is 14.6 Å². The van der Waals surface area contributed by atoms with Crippen molar-refractivity contribution in [3.63, 3.8) is 0 Å². The van der Waals surface area contributed by atoms with E-state index in [1.54, 1.807) is 6.20 Å². The van der Waals surface area contributed by atoms with E-state index in [0.29, 0.717) is 41.0 Å². The second kappa shape index (κ2) is 8.43. The Morgan fingerprint density at radius 1 is 1.03 bits per heavy atom. The van der Waals surface area contributed by atoms with Crippen molar-refractivity contribution in [2.24, 2.45) is 11.8 Å². The maximum Gasteiger partial charge on any atom is 0.387 e. The minimum absolute atomic E-state index is 0.0581. The number of pyridine rings is 1. The van der Waals surface area contributed by atoms with Gasteiger partial charge in [0.05, 0.1) is 24.9 Å². The van der Waals surface area contributed by atoms with Crippen molar-refractivity contribution in [1.82, 2.24) is 19.9 Å². The summed E-state index contributed by atoms with van der Waals surface area (Å²) in [5.41, 5.74) is 8.14. The van der Waals surface area contributed by atoms with Crippen LogP contribution in [0.25, 0.3) is 11.3 Å². The third kappa shape index (κ3) is 4.40. The van der Waals surface area contributed by atoms with Gasteiger partial charge in [0.15, 0.2) is 11.6 Å². The van der Waals surface area contributed by atoms with E-state index in [1.165, 1.54) is 12.5 Å². The Labute approximate surface area is 191 Å². The summed E-state index contributed by atoms with van der Waals surface area (Å²) in [5, 5.41) is 0. The molecule has 2 unspecified atom stereocenters. The van der Waals surface area contributed by atoms with Crippen molar-refractivity contribution in [2.45, 2.75) is 56.6 Å².